The molecule has 18 heavy (non-hydrogen) atoms. The molecule has 0 amide bonds. The molecule has 0 spiro atoms. The summed E-state index contributed by atoms with van der Waals surface area (Å²) in [5.41, 5.74) is -0.836. The van der Waals surface area contributed by atoms with Crippen LogP contribution >= 0.6 is 0 Å². The minimum Gasteiger partial charge on any atom is -0.367 e. The predicted molar refractivity (Wildman–Crippen MR) is 56.9 cm³/mol. The summed E-state index contributed by atoms with van der Waals surface area (Å²) >= 11 is 0. The number of aliphatic hydroxyl groups is 1. The van der Waals surface area contributed by atoms with Gasteiger partial charge in [0.2, 0.25) is 0 Å². The van der Waals surface area contributed by atoms with E-state index in [0.717, 1.165) is 7.11 Å². The Hall–Kier alpha value is -1.14. The molecule has 2 atom stereocenters. The summed E-state index contributed by atoms with van der Waals surface area (Å²) in [7, 11) is 1.13. The molecule has 0 aliphatic carbocycles. The Bertz CT molecular complexity index is 408. The molecule has 2 nitrogen and oxygen atoms in total. The molecule has 6 heteroatoms. The first-order valence-corrected chi connectivity index (χ1v) is 5.35. The maximum absolute atomic E-state index is 13.6. The average Bonchev–Trinajstić information content (AvgIpc) is 2.30. The molecule has 0 aliphatic heterocycles. The van der Waals surface area contributed by atoms with Gasteiger partial charge in [-0.3, -0.25) is 0 Å². The highest BCUT2D eigenvalue weighted by atomic mass is 19.2. The molecule has 0 radical (unpaired) electrons. The maximum atomic E-state index is 13.6. The molecule has 0 fully saturated rings. The highest BCUT2D eigenvalue weighted by Crippen LogP contribution is 2.34. The summed E-state index contributed by atoms with van der Waals surface area (Å²) in [6.45, 7) is 3.10. The minimum atomic E-state index is -1.56. The van der Waals surface area contributed by atoms with Gasteiger partial charge in [0.05, 0.1) is 0 Å². The van der Waals surface area contributed by atoms with Crippen LogP contribution in [0.4, 0.5) is 17.6 Å². The van der Waals surface area contributed by atoms with E-state index in [0.29, 0.717) is 0 Å². The Kier molecular flexibility index (Phi) is 4.70. The van der Waals surface area contributed by atoms with Gasteiger partial charge in [0.25, 0.3) is 0 Å². The summed E-state index contributed by atoms with van der Waals surface area (Å²) in [6, 6.07) is 0.130. The van der Waals surface area contributed by atoms with Crippen molar-refractivity contribution in [3.05, 3.63) is 34.9 Å². The van der Waals surface area contributed by atoms with Crippen LogP contribution in [0.2, 0.25) is 0 Å². The normalized spacial score (nSPS) is 14.9. The van der Waals surface area contributed by atoms with Crippen molar-refractivity contribution in [2.24, 2.45) is 5.92 Å². The Balaban J connectivity index is 3.45. The van der Waals surface area contributed by atoms with Gasteiger partial charge in [-0.1, -0.05) is 13.8 Å². The van der Waals surface area contributed by atoms with E-state index in [9.17, 15) is 22.7 Å². The Morgan fingerprint density at radius 1 is 1.06 bits per heavy atom. The molecule has 0 heterocycles. The second-order valence-corrected chi connectivity index (χ2v) is 4.28. The lowest BCUT2D eigenvalue weighted by Crippen LogP contribution is -2.27. The van der Waals surface area contributed by atoms with E-state index in [-0.39, 0.29) is 6.07 Å². The Labute approximate surface area is 102 Å². The van der Waals surface area contributed by atoms with Gasteiger partial charge in [-0.05, 0) is 5.92 Å². The van der Waals surface area contributed by atoms with Crippen molar-refractivity contribution in [2.45, 2.75) is 26.1 Å². The number of halogens is 4. The van der Waals surface area contributed by atoms with Crippen molar-refractivity contribution in [3.63, 3.8) is 0 Å². The van der Waals surface area contributed by atoms with Crippen molar-refractivity contribution in [1.29, 1.82) is 0 Å². The largest absolute Gasteiger partial charge is 0.367 e. The summed E-state index contributed by atoms with van der Waals surface area (Å²) < 4.78 is 58.0. The van der Waals surface area contributed by atoms with Crippen molar-refractivity contribution >= 4 is 0 Å². The molecule has 1 aromatic rings. The zero-order valence-corrected chi connectivity index (χ0v) is 10.2. The molecule has 0 saturated heterocycles. The fraction of sp³-hybridized carbons (Fsp3) is 0.500. The Morgan fingerprint density at radius 3 is 1.83 bits per heavy atom. The second-order valence-electron chi connectivity index (χ2n) is 4.28. The monoisotopic (exact) mass is 266 g/mol. The number of ether oxygens (including phenoxy) is 1. The molecule has 1 rings (SSSR count). The van der Waals surface area contributed by atoms with Crippen LogP contribution in [0.3, 0.4) is 0 Å². The zero-order chi connectivity index (χ0) is 14.0. The topological polar surface area (TPSA) is 29.5 Å². The van der Waals surface area contributed by atoms with Gasteiger partial charge in [-0.25, -0.2) is 17.6 Å². The van der Waals surface area contributed by atoms with Crippen LogP contribution in [0.15, 0.2) is 6.07 Å². The van der Waals surface area contributed by atoms with Gasteiger partial charge in [-0.15, -0.1) is 0 Å². The van der Waals surface area contributed by atoms with Gasteiger partial charge in [0, 0.05) is 24.7 Å². The van der Waals surface area contributed by atoms with Crippen molar-refractivity contribution in [3.8, 4) is 0 Å². The number of hydrogen-bond acceptors (Lipinski definition) is 2. The van der Waals surface area contributed by atoms with E-state index in [2.05, 4.69) is 4.74 Å². The van der Waals surface area contributed by atoms with Gasteiger partial charge in [-0.2, -0.15) is 0 Å². The van der Waals surface area contributed by atoms with E-state index in [1.54, 1.807) is 13.8 Å². The third kappa shape index (κ3) is 2.64. The summed E-state index contributed by atoms with van der Waals surface area (Å²) in [6.07, 6.45) is -1.56. The van der Waals surface area contributed by atoms with Crippen LogP contribution < -0.4 is 0 Å². The molecular formula is C12H14F4O2. The molecule has 102 valence electrons. The fourth-order valence-electron chi connectivity index (χ4n) is 1.84. The molecule has 0 saturated carbocycles. The van der Waals surface area contributed by atoms with Gasteiger partial charge in [0.15, 0.2) is 29.6 Å². The van der Waals surface area contributed by atoms with Gasteiger partial charge >= 0.3 is 0 Å². The standard InChI is InChI=1S/C12H14F4O2/c1-5(2)8(12(17)18-3)9-10(15)6(13)4-7(14)11(9)16/h4-5,8,12,17H,1-3H3/t8?,12-/m0/s1. The van der Waals surface area contributed by atoms with Crippen LogP contribution in [0.25, 0.3) is 0 Å². The van der Waals surface area contributed by atoms with E-state index < -0.39 is 47.0 Å². The maximum Gasteiger partial charge on any atom is 0.165 e. The van der Waals surface area contributed by atoms with Crippen LogP contribution in [0.1, 0.15) is 25.3 Å². The molecule has 1 N–H and O–H groups in total. The van der Waals surface area contributed by atoms with Crippen LogP contribution in [0.5, 0.6) is 0 Å². The molecule has 0 aliphatic rings. The smallest absolute Gasteiger partial charge is 0.165 e. The number of hydrogen-bond donors (Lipinski definition) is 1. The summed E-state index contributed by atoms with van der Waals surface area (Å²) in [5, 5.41) is 9.57. The first kappa shape index (κ1) is 14.9. The van der Waals surface area contributed by atoms with Crippen LogP contribution in [-0.4, -0.2) is 18.5 Å². The fourth-order valence-corrected chi connectivity index (χ4v) is 1.84. The third-order valence-electron chi connectivity index (χ3n) is 2.75. The number of methoxy groups -OCH3 is 1. The van der Waals surface area contributed by atoms with Gasteiger partial charge < -0.3 is 9.84 Å². The number of benzene rings is 1. The van der Waals surface area contributed by atoms with Crippen molar-refractivity contribution in [1.82, 2.24) is 0 Å². The van der Waals surface area contributed by atoms with E-state index in [1.807, 2.05) is 0 Å². The quantitative estimate of drug-likeness (QED) is 0.516. The minimum absolute atomic E-state index is 0.130. The lowest BCUT2D eigenvalue weighted by molar-refractivity contribution is -0.101. The number of aliphatic hydroxyl groups excluding tert-OH is 1. The third-order valence-corrected chi connectivity index (χ3v) is 2.75. The second kappa shape index (κ2) is 5.67. The lowest BCUT2D eigenvalue weighted by atomic mass is 9.87. The molecular weight excluding hydrogens is 252 g/mol. The van der Waals surface area contributed by atoms with Gasteiger partial charge in [0.1, 0.15) is 0 Å². The van der Waals surface area contributed by atoms with Crippen molar-refractivity contribution in [2.75, 3.05) is 7.11 Å². The number of rotatable bonds is 4. The SMILES string of the molecule is CO[C@H](O)C(c1c(F)c(F)cc(F)c1F)C(C)C. The molecule has 1 unspecified atom stereocenters. The van der Waals surface area contributed by atoms with E-state index in [4.69, 9.17) is 0 Å². The first-order chi connectivity index (χ1) is 8.31. The van der Waals surface area contributed by atoms with Crippen LogP contribution in [-0.2, 0) is 4.74 Å². The summed E-state index contributed by atoms with van der Waals surface area (Å²) in [4.78, 5) is 0. The zero-order valence-electron chi connectivity index (χ0n) is 10.2. The first-order valence-electron chi connectivity index (χ1n) is 5.35. The molecule has 0 bridgehead atoms. The van der Waals surface area contributed by atoms with E-state index in [1.165, 1.54) is 0 Å². The lowest BCUT2D eigenvalue weighted by Gasteiger charge is -2.26. The molecule has 0 aromatic heterocycles. The molecule has 1 aromatic carbocycles. The van der Waals surface area contributed by atoms with Crippen LogP contribution in [0, 0.1) is 29.2 Å². The van der Waals surface area contributed by atoms with Crippen molar-refractivity contribution < 1.29 is 27.4 Å². The Morgan fingerprint density at radius 2 is 1.50 bits per heavy atom. The highest BCUT2D eigenvalue weighted by molar-refractivity contribution is 5.27. The average molecular weight is 266 g/mol. The predicted octanol–water partition coefficient (Wildman–Crippen LogP) is 2.95. The highest BCUT2D eigenvalue weighted by Gasteiger charge is 2.33. The van der Waals surface area contributed by atoms with E-state index >= 15 is 0 Å². The summed E-state index contributed by atoms with van der Waals surface area (Å²) in [5.74, 6) is -7.71.